The van der Waals surface area contributed by atoms with E-state index in [0.29, 0.717) is 16.5 Å². The van der Waals surface area contributed by atoms with E-state index in [-0.39, 0.29) is 5.57 Å². The summed E-state index contributed by atoms with van der Waals surface area (Å²) < 4.78 is 0. The Labute approximate surface area is 188 Å². The highest BCUT2D eigenvalue weighted by atomic mass is 32.2. The van der Waals surface area contributed by atoms with Gasteiger partial charge in [-0.05, 0) is 55.7 Å². The van der Waals surface area contributed by atoms with Crippen LogP contribution in [0.15, 0.2) is 83.4 Å². The largest absolute Gasteiger partial charge is 0.349 e. The van der Waals surface area contributed by atoms with Gasteiger partial charge in [0.05, 0.1) is 5.03 Å². The molecular weight excluding hydrogens is 402 g/mol. The summed E-state index contributed by atoms with van der Waals surface area (Å²) in [7, 11) is 0. The highest BCUT2D eigenvalue weighted by Crippen LogP contribution is 2.28. The molecule has 0 aliphatic rings. The van der Waals surface area contributed by atoms with Crippen molar-refractivity contribution in [3.8, 4) is 6.07 Å². The molecule has 0 atom stereocenters. The highest BCUT2D eigenvalue weighted by Gasteiger charge is 2.18. The maximum atomic E-state index is 13.0. The lowest BCUT2D eigenvalue weighted by Gasteiger charge is -2.15. The van der Waals surface area contributed by atoms with Crippen molar-refractivity contribution in [2.45, 2.75) is 26.5 Å². The van der Waals surface area contributed by atoms with Gasteiger partial charge in [0.25, 0.3) is 5.91 Å². The molecule has 0 unspecified atom stereocenters. The van der Waals surface area contributed by atoms with Crippen LogP contribution in [-0.4, -0.2) is 5.91 Å². The van der Waals surface area contributed by atoms with Crippen LogP contribution in [0.2, 0.25) is 0 Å². The molecule has 3 aromatic carbocycles. The lowest BCUT2D eigenvalue weighted by molar-refractivity contribution is -0.112. The molecule has 0 aliphatic carbocycles. The Hall–Kier alpha value is -3.49. The van der Waals surface area contributed by atoms with E-state index in [2.05, 4.69) is 48.7 Å². The van der Waals surface area contributed by atoms with Crippen molar-refractivity contribution < 1.29 is 4.79 Å². The number of anilines is 2. The number of para-hydroxylation sites is 2. The second-order valence-electron chi connectivity index (χ2n) is 7.29. The zero-order chi connectivity index (χ0) is 22.2. The van der Waals surface area contributed by atoms with E-state index in [1.54, 1.807) is 0 Å². The SMILES string of the molecule is Cc1ccc(CSC(Nc2ccccc2)=C(C#N)C(=O)Nc2ccccc2C)c(C)c1. The summed E-state index contributed by atoms with van der Waals surface area (Å²) in [4.78, 5) is 13.0. The first kappa shape index (κ1) is 22.2. The molecule has 3 rings (SSSR count). The van der Waals surface area contributed by atoms with Crippen molar-refractivity contribution in [2.24, 2.45) is 0 Å². The van der Waals surface area contributed by atoms with Crippen molar-refractivity contribution in [1.82, 2.24) is 0 Å². The topological polar surface area (TPSA) is 64.9 Å². The first-order valence-corrected chi connectivity index (χ1v) is 11.0. The standard InChI is InChI=1S/C26H25N3OS/c1-18-13-14-21(20(3)15-18)17-31-26(28-22-10-5-4-6-11-22)23(16-27)25(30)29-24-12-8-7-9-19(24)2/h4-15,28H,17H2,1-3H3,(H,29,30). The summed E-state index contributed by atoms with van der Waals surface area (Å²) in [5, 5.41) is 16.5. The van der Waals surface area contributed by atoms with E-state index < -0.39 is 5.91 Å². The molecule has 5 heteroatoms. The monoisotopic (exact) mass is 427 g/mol. The maximum absolute atomic E-state index is 13.0. The molecule has 3 aromatic rings. The summed E-state index contributed by atoms with van der Waals surface area (Å²) in [5.41, 5.74) is 6.07. The lowest BCUT2D eigenvalue weighted by Crippen LogP contribution is -2.17. The van der Waals surface area contributed by atoms with Gasteiger partial charge in [-0.1, -0.05) is 60.2 Å². The zero-order valence-corrected chi connectivity index (χ0v) is 18.7. The Morgan fingerprint density at radius 2 is 1.61 bits per heavy atom. The fraction of sp³-hybridized carbons (Fsp3) is 0.154. The van der Waals surface area contributed by atoms with Gasteiger partial charge >= 0.3 is 0 Å². The Morgan fingerprint density at radius 3 is 2.29 bits per heavy atom. The summed E-state index contributed by atoms with van der Waals surface area (Å²) in [6.45, 7) is 6.06. The number of carbonyl (C=O) groups is 1. The molecule has 0 aliphatic heterocycles. The average molecular weight is 428 g/mol. The van der Waals surface area contributed by atoms with Crippen LogP contribution in [0.1, 0.15) is 22.3 Å². The van der Waals surface area contributed by atoms with E-state index in [1.165, 1.54) is 28.5 Å². The van der Waals surface area contributed by atoms with E-state index in [4.69, 9.17) is 0 Å². The summed E-state index contributed by atoms with van der Waals surface area (Å²) in [6.07, 6.45) is 0. The van der Waals surface area contributed by atoms with E-state index in [0.717, 1.165) is 11.3 Å². The highest BCUT2D eigenvalue weighted by molar-refractivity contribution is 8.02. The molecule has 0 bridgehead atoms. The second kappa shape index (κ2) is 10.5. The number of nitriles is 1. The normalized spacial score (nSPS) is 11.3. The van der Waals surface area contributed by atoms with Crippen molar-refractivity contribution >= 4 is 29.0 Å². The minimum Gasteiger partial charge on any atom is -0.349 e. The maximum Gasteiger partial charge on any atom is 0.269 e. The van der Waals surface area contributed by atoms with Gasteiger partial charge in [-0.3, -0.25) is 4.79 Å². The Morgan fingerprint density at radius 1 is 0.903 bits per heavy atom. The van der Waals surface area contributed by atoms with Crippen molar-refractivity contribution in [3.63, 3.8) is 0 Å². The summed E-state index contributed by atoms with van der Waals surface area (Å²) in [5.74, 6) is 0.216. The van der Waals surface area contributed by atoms with Crippen molar-refractivity contribution in [3.05, 3.63) is 106 Å². The van der Waals surface area contributed by atoms with Crippen LogP contribution in [0, 0.1) is 32.1 Å². The van der Waals surface area contributed by atoms with Gasteiger partial charge in [0, 0.05) is 17.1 Å². The Bertz CT molecular complexity index is 1150. The molecule has 0 heterocycles. The van der Waals surface area contributed by atoms with Crippen molar-refractivity contribution in [1.29, 1.82) is 5.26 Å². The predicted molar refractivity (Wildman–Crippen MR) is 130 cm³/mol. The Balaban J connectivity index is 1.91. The van der Waals surface area contributed by atoms with Gasteiger partial charge in [-0.2, -0.15) is 5.26 Å². The molecule has 0 radical (unpaired) electrons. The van der Waals surface area contributed by atoms with E-state index in [9.17, 15) is 10.1 Å². The third-order valence-corrected chi connectivity index (χ3v) is 5.91. The third kappa shape index (κ3) is 6.00. The van der Waals surface area contributed by atoms with Crippen LogP contribution < -0.4 is 10.6 Å². The van der Waals surface area contributed by atoms with Crippen LogP contribution in [-0.2, 0) is 10.5 Å². The number of aryl methyl sites for hydroxylation is 3. The molecular formula is C26H25N3OS. The molecule has 4 nitrogen and oxygen atoms in total. The van der Waals surface area contributed by atoms with Crippen LogP contribution >= 0.6 is 11.8 Å². The molecule has 1 amide bonds. The summed E-state index contributed by atoms with van der Waals surface area (Å²) >= 11 is 1.45. The first-order valence-electron chi connectivity index (χ1n) is 10.0. The van der Waals surface area contributed by atoms with Gasteiger partial charge in [0.15, 0.2) is 0 Å². The molecule has 0 saturated carbocycles. The van der Waals surface area contributed by atoms with Crippen LogP contribution in [0.3, 0.4) is 0 Å². The lowest BCUT2D eigenvalue weighted by atomic mass is 10.1. The van der Waals surface area contributed by atoms with Crippen LogP contribution in [0.4, 0.5) is 11.4 Å². The quantitative estimate of drug-likeness (QED) is 0.341. The number of thioether (sulfide) groups is 1. The molecule has 0 saturated heterocycles. The average Bonchev–Trinajstić information content (AvgIpc) is 2.75. The van der Waals surface area contributed by atoms with E-state index >= 15 is 0 Å². The van der Waals surface area contributed by atoms with Crippen LogP contribution in [0.25, 0.3) is 0 Å². The molecule has 31 heavy (non-hydrogen) atoms. The molecule has 2 N–H and O–H groups in total. The number of hydrogen-bond acceptors (Lipinski definition) is 4. The van der Waals surface area contributed by atoms with Crippen molar-refractivity contribution in [2.75, 3.05) is 10.6 Å². The smallest absolute Gasteiger partial charge is 0.269 e. The molecule has 156 valence electrons. The van der Waals surface area contributed by atoms with Gasteiger partial charge in [0.1, 0.15) is 11.6 Å². The van der Waals surface area contributed by atoms with E-state index in [1.807, 2.05) is 61.5 Å². The third-order valence-electron chi connectivity index (χ3n) is 4.86. The number of nitrogens with one attached hydrogen (secondary N) is 2. The number of benzene rings is 3. The number of rotatable bonds is 7. The molecule has 0 spiro atoms. The fourth-order valence-corrected chi connectivity index (χ4v) is 4.18. The van der Waals surface area contributed by atoms with Gasteiger partial charge in [0.2, 0.25) is 0 Å². The minimum atomic E-state index is -0.427. The number of nitrogens with zero attached hydrogens (tertiary/aromatic N) is 1. The van der Waals surface area contributed by atoms with Gasteiger partial charge < -0.3 is 10.6 Å². The molecule has 0 fully saturated rings. The fourth-order valence-electron chi connectivity index (χ4n) is 3.08. The number of hydrogen-bond donors (Lipinski definition) is 2. The van der Waals surface area contributed by atoms with Gasteiger partial charge in [-0.15, -0.1) is 11.8 Å². The first-order chi connectivity index (χ1) is 15.0. The number of amides is 1. The number of carbonyl (C=O) groups excluding carboxylic acids is 1. The zero-order valence-electron chi connectivity index (χ0n) is 17.9. The van der Waals surface area contributed by atoms with Gasteiger partial charge in [-0.25, -0.2) is 0 Å². The summed E-state index contributed by atoms with van der Waals surface area (Å²) in [6, 6.07) is 25.5. The predicted octanol–water partition coefficient (Wildman–Crippen LogP) is 6.33. The Kier molecular flexibility index (Phi) is 7.53. The van der Waals surface area contributed by atoms with Crippen LogP contribution in [0.5, 0.6) is 0 Å². The molecule has 0 aromatic heterocycles. The second-order valence-corrected chi connectivity index (χ2v) is 8.28. The minimum absolute atomic E-state index is 0.0573.